The summed E-state index contributed by atoms with van der Waals surface area (Å²) in [5, 5.41) is 11.3. The summed E-state index contributed by atoms with van der Waals surface area (Å²) in [5.74, 6) is 1.22. The SMILES string of the molecule is CN1C(=O)C=C[C@]2(C)[C@H]3CC[C@]4(C)[C@@H](O)/C(=C/c5cccc(C(F)(F)F)c5)C[C@H]4[C@@H]3CC[C@@H]12. The van der Waals surface area contributed by atoms with Crippen LogP contribution in [0.15, 0.2) is 42.0 Å². The zero-order valence-corrected chi connectivity index (χ0v) is 19.4. The van der Waals surface area contributed by atoms with Crippen molar-refractivity contribution in [3.63, 3.8) is 0 Å². The lowest BCUT2D eigenvalue weighted by molar-refractivity contribution is -0.140. The monoisotopic (exact) mass is 459 g/mol. The van der Waals surface area contributed by atoms with E-state index in [-0.39, 0.29) is 28.7 Å². The summed E-state index contributed by atoms with van der Waals surface area (Å²) in [4.78, 5) is 14.2. The van der Waals surface area contributed by atoms with Gasteiger partial charge in [0.15, 0.2) is 0 Å². The number of likely N-dealkylation sites (N-methyl/N-ethyl adjacent to an activating group) is 1. The molecule has 5 rings (SSSR count). The molecule has 7 atom stereocenters. The molecule has 0 spiro atoms. The summed E-state index contributed by atoms with van der Waals surface area (Å²) in [6.07, 6.45) is 5.14. The Bertz CT molecular complexity index is 1030. The van der Waals surface area contributed by atoms with E-state index in [1.807, 2.05) is 11.9 Å². The number of carbonyl (C=O) groups excluding carboxylic acids is 1. The number of rotatable bonds is 1. The Labute approximate surface area is 193 Å². The maximum Gasteiger partial charge on any atom is 0.416 e. The quantitative estimate of drug-likeness (QED) is 0.585. The van der Waals surface area contributed by atoms with E-state index in [1.54, 1.807) is 18.2 Å². The molecule has 4 aliphatic rings. The summed E-state index contributed by atoms with van der Waals surface area (Å²) in [6.45, 7) is 4.44. The molecule has 0 saturated heterocycles. The van der Waals surface area contributed by atoms with Crippen molar-refractivity contribution in [2.75, 3.05) is 7.05 Å². The Balaban J connectivity index is 1.46. The lowest BCUT2D eigenvalue weighted by atomic mass is 9.48. The van der Waals surface area contributed by atoms with Gasteiger partial charge in [-0.05, 0) is 79.2 Å². The minimum Gasteiger partial charge on any atom is -0.388 e. The number of halogens is 3. The Morgan fingerprint density at radius 1 is 1.15 bits per heavy atom. The van der Waals surface area contributed by atoms with Crippen molar-refractivity contribution in [3.8, 4) is 0 Å². The molecular weight excluding hydrogens is 427 g/mol. The van der Waals surface area contributed by atoms with E-state index in [4.69, 9.17) is 0 Å². The number of nitrogens with zero attached hydrogens (tertiary/aromatic N) is 1. The summed E-state index contributed by atoms with van der Waals surface area (Å²) in [7, 11) is 1.90. The van der Waals surface area contributed by atoms with Gasteiger partial charge < -0.3 is 10.0 Å². The first-order valence-corrected chi connectivity index (χ1v) is 12.0. The predicted molar refractivity (Wildman–Crippen MR) is 121 cm³/mol. The number of alkyl halides is 3. The normalized spacial score (nSPS) is 41.7. The van der Waals surface area contributed by atoms with Gasteiger partial charge in [0.1, 0.15) is 0 Å². The van der Waals surface area contributed by atoms with Crippen LogP contribution < -0.4 is 0 Å². The van der Waals surface area contributed by atoms with Crippen LogP contribution in [0.25, 0.3) is 6.08 Å². The summed E-state index contributed by atoms with van der Waals surface area (Å²) in [5.41, 5.74) is 0.329. The Morgan fingerprint density at radius 3 is 2.64 bits per heavy atom. The predicted octanol–water partition coefficient (Wildman–Crippen LogP) is 5.70. The molecule has 3 fully saturated rings. The van der Waals surface area contributed by atoms with E-state index in [1.165, 1.54) is 12.1 Å². The fourth-order valence-corrected chi connectivity index (χ4v) is 7.76. The molecule has 6 heteroatoms. The maximum atomic E-state index is 13.2. The third kappa shape index (κ3) is 3.39. The van der Waals surface area contributed by atoms with Crippen LogP contribution in [-0.4, -0.2) is 35.1 Å². The van der Waals surface area contributed by atoms with E-state index in [0.29, 0.717) is 23.8 Å². The van der Waals surface area contributed by atoms with Gasteiger partial charge in [-0.1, -0.05) is 38.1 Å². The van der Waals surface area contributed by atoms with Crippen LogP contribution in [0.5, 0.6) is 0 Å². The van der Waals surface area contributed by atoms with Gasteiger partial charge in [0.2, 0.25) is 5.91 Å². The standard InChI is InChI=1S/C27H32F3NO2/c1-25-12-10-23(32)31(3)22(25)8-7-19-20(25)9-11-26(2)21(19)15-17(24(26)33)13-16-5-4-6-18(14-16)27(28,29)30/h4-6,10,12-14,19-22,24,33H,7-9,11,15H2,1-3H3/b17-13+/t19-,20+,21+,22-,24+,25-,26+/m1/s1. The number of benzene rings is 1. The number of hydrogen-bond donors (Lipinski definition) is 1. The van der Waals surface area contributed by atoms with Crippen molar-refractivity contribution in [2.45, 2.75) is 64.3 Å². The van der Waals surface area contributed by atoms with Crippen molar-refractivity contribution in [1.29, 1.82) is 0 Å². The molecule has 1 aromatic rings. The van der Waals surface area contributed by atoms with Gasteiger partial charge in [-0.2, -0.15) is 13.2 Å². The van der Waals surface area contributed by atoms with Crippen LogP contribution in [-0.2, 0) is 11.0 Å². The number of aliphatic hydroxyl groups excluding tert-OH is 1. The molecule has 33 heavy (non-hydrogen) atoms. The highest BCUT2D eigenvalue weighted by molar-refractivity contribution is 5.89. The van der Waals surface area contributed by atoms with Crippen LogP contribution in [0.4, 0.5) is 13.2 Å². The molecule has 0 aromatic heterocycles. The second-order valence-corrected chi connectivity index (χ2v) is 11.1. The third-order valence-corrected chi connectivity index (χ3v) is 9.56. The zero-order valence-electron chi connectivity index (χ0n) is 19.4. The first-order chi connectivity index (χ1) is 15.4. The molecule has 1 aromatic carbocycles. The van der Waals surface area contributed by atoms with E-state index < -0.39 is 17.8 Å². The minimum atomic E-state index is -4.38. The maximum absolute atomic E-state index is 13.2. The number of fused-ring (bicyclic) bond motifs is 5. The average molecular weight is 460 g/mol. The number of carbonyl (C=O) groups is 1. The Kier molecular flexibility index (Phi) is 5.13. The van der Waals surface area contributed by atoms with Crippen molar-refractivity contribution in [1.82, 2.24) is 4.90 Å². The molecule has 178 valence electrons. The third-order valence-electron chi connectivity index (χ3n) is 9.56. The zero-order chi connectivity index (χ0) is 23.8. The number of amides is 1. The highest BCUT2D eigenvalue weighted by Gasteiger charge is 2.61. The first kappa shape index (κ1) is 22.7. The molecule has 1 aliphatic heterocycles. The van der Waals surface area contributed by atoms with Crippen LogP contribution in [0, 0.1) is 28.6 Å². The second kappa shape index (κ2) is 7.46. The minimum absolute atomic E-state index is 0.0687. The van der Waals surface area contributed by atoms with Gasteiger partial charge >= 0.3 is 6.18 Å². The van der Waals surface area contributed by atoms with Crippen molar-refractivity contribution in [2.24, 2.45) is 28.6 Å². The van der Waals surface area contributed by atoms with Crippen LogP contribution in [0.1, 0.15) is 57.1 Å². The Morgan fingerprint density at radius 2 is 1.91 bits per heavy atom. The summed E-state index contributed by atoms with van der Waals surface area (Å²) < 4.78 is 39.5. The van der Waals surface area contributed by atoms with Crippen molar-refractivity contribution >= 4 is 12.0 Å². The molecule has 1 amide bonds. The fourth-order valence-electron chi connectivity index (χ4n) is 7.76. The van der Waals surface area contributed by atoms with Crippen molar-refractivity contribution in [3.05, 3.63) is 53.1 Å². The van der Waals surface area contributed by atoms with Crippen molar-refractivity contribution < 1.29 is 23.1 Å². The lowest BCUT2D eigenvalue weighted by Gasteiger charge is -2.59. The molecule has 1 N–H and O–H groups in total. The molecule has 3 saturated carbocycles. The van der Waals surface area contributed by atoms with E-state index in [2.05, 4.69) is 19.9 Å². The molecular formula is C27H32F3NO2. The highest BCUT2D eigenvalue weighted by Crippen LogP contribution is 2.65. The Hall–Kier alpha value is -2.08. The van der Waals surface area contributed by atoms with Gasteiger partial charge in [-0.25, -0.2) is 0 Å². The van der Waals surface area contributed by atoms with Crippen LogP contribution >= 0.6 is 0 Å². The van der Waals surface area contributed by atoms with Gasteiger partial charge in [0.05, 0.1) is 11.7 Å². The highest BCUT2D eigenvalue weighted by atomic mass is 19.4. The molecule has 0 unspecified atom stereocenters. The van der Waals surface area contributed by atoms with Gasteiger partial charge in [-0.3, -0.25) is 4.79 Å². The largest absolute Gasteiger partial charge is 0.416 e. The smallest absolute Gasteiger partial charge is 0.388 e. The molecule has 1 heterocycles. The van der Waals surface area contributed by atoms with E-state index in [9.17, 15) is 23.1 Å². The van der Waals surface area contributed by atoms with E-state index in [0.717, 1.165) is 37.3 Å². The van der Waals surface area contributed by atoms with Gasteiger partial charge in [0, 0.05) is 23.9 Å². The van der Waals surface area contributed by atoms with Gasteiger partial charge in [-0.15, -0.1) is 0 Å². The molecule has 3 aliphatic carbocycles. The van der Waals surface area contributed by atoms with Crippen LogP contribution in [0.2, 0.25) is 0 Å². The first-order valence-electron chi connectivity index (χ1n) is 12.0. The van der Waals surface area contributed by atoms with Gasteiger partial charge in [0.25, 0.3) is 0 Å². The molecule has 0 radical (unpaired) electrons. The molecule has 0 bridgehead atoms. The lowest BCUT2D eigenvalue weighted by Crippen LogP contribution is -2.59. The summed E-state index contributed by atoms with van der Waals surface area (Å²) >= 11 is 0. The number of aliphatic hydroxyl groups is 1. The van der Waals surface area contributed by atoms with Crippen LogP contribution in [0.3, 0.4) is 0 Å². The average Bonchev–Trinajstić information content (AvgIpc) is 3.01. The molecule has 3 nitrogen and oxygen atoms in total. The number of hydrogen-bond acceptors (Lipinski definition) is 2. The fraction of sp³-hybridized carbons (Fsp3) is 0.593. The van der Waals surface area contributed by atoms with E-state index >= 15 is 0 Å². The second-order valence-electron chi connectivity index (χ2n) is 11.1. The summed E-state index contributed by atoms with van der Waals surface area (Å²) in [6, 6.07) is 5.55. The topological polar surface area (TPSA) is 40.5 Å².